The Hall–Kier alpha value is -2.99. The van der Waals surface area contributed by atoms with Crippen molar-refractivity contribution in [2.24, 2.45) is 155 Å². The number of Topliss-reactive ketones (excluding diaryl/α,β-unsaturated/α-hetero) is 5. The number of ether oxygens (including phenoxy) is 4. The van der Waals surface area contributed by atoms with Crippen LogP contribution in [0.3, 0.4) is 0 Å². The van der Waals surface area contributed by atoms with Crippen LogP contribution in [0.4, 0.5) is 0 Å². The maximum Gasteiger partial charge on any atom is 1.00 e. The van der Waals surface area contributed by atoms with E-state index in [9.17, 15) is 38.7 Å². The molecule has 2 aliphatic heterocycles. The summed E-state index contributed by atoms with van der Waals surface area (Å²) >= 11 is 0. The summed E-state index contributed by atoms with van der Waals surface area (Å²) in [6.45, 7) is 26.7. The number of carbonyl (C=O) groups is 7. The summed E-state index contributed by atoms with van der Waals surface area (Å²) < 4.78 is 24.9. The van der Waals surface area contributed by atoms with Gasteiger partial charge in [-0.1, -0.05) is 128 Å². The van der Waals surface area contributed by atoms with Crippen molar-refractivity contribution in [1.82, 2.24) is 0 Å². The number of allylic oxidation sites excluding steroid dienone is 5. The van der Waals surface area contributed by atoms with Gasteiger partial charge in [-0.05, 0) is 365 Å². The van der Waals surface area contributed by atoms with E-state index in [2.05, 4.69) is 81.4 Å². The van der Waals surface area contributed by atoms with E-state index in [0.717, 1.165) is 246 Å². The van der Waals surface area contributed by atoms with Gasteiger partial charge in [0.2, 0.25) is 0 Å². The zero-order valence-electron chi connectivity index (χ0n) is 75.4. The Morgan fingerprint density at radius 2 is 0.780 bits per heavy atom. The molecule has 2 heterocycles. The van der Waals surface area contributed by atoms with Gasteiger partial charge in [-0.15, -0.1) is 0 Å². The molecule has 0 radical (unpaired) electrons. The van der Waals surface area contributed by atoms with Gasteiger partial charge in [0.25, 0.3) is 0 Å². The predicted octanol–water partition coefficient (Wildman–Crippen LogP) is 22.5. The van der Waals surface area contributed by atoms with Crippen molar-refractivity contribution >= 4 is 40.5 Å². The van der Waals surface area contributed by atoms with E-state index in [-0.39, 0.29) is 123 Å². The molecule has 0 aromatic heterocycles. The van der Waals surface area contributed by atoms with Crippen LogP contribution < -0.4 is 18.9 Å². The average Bonchev–Trinajstić information content (AvgIpc) is 1.56. The Morgan fingerprint density at radius 1 is 0.366 bits per heavy atom. The molecule has 0 amide bonds. The average molecular weight is 1700 g/mol. The molecule has 22 rings (SSSR count). The molecule has 123 heavy (non-hydrogen) atoms. The van der Waals surface area contributed by atoms with Crippen molar-refractivity contribution < 1.29 is 82.0 Å². The van der Waals surface area contributed by atoms with Crippen molar-refractivity contribution in [3.05, 3.63) is 46.6 Å². The molecule has 0 aromatic carbocycles. The summed E-state index contributed by atoms with van der Waals surface area (Å²) in [5.74, 6) is 14.6. The van der Waals surface area contributed by atoms with E-state index in [0.29, 0.717) is 98.8 Å². The molecule has 2 saturated heterocycles. The second-order valence-corrected chi connectivity index (χ2v) is 45.3. The van der Waals surface area contributed by atoms with Gasteiger partial charge >= 0.3 is 18.9 Å². The summed E-state index contributed by atoms with van der Waals surface area (Å²) in [5.41, 5.74) is 7.45. The quantitative estimate of drug-likeness (QED) is 0.255. The molecule has 2 N–H and O–H groups in total. The van der Waals surface area contributed by atoms with Crippen molar-refractivity contribution in [1.29, 1.82) is 0 Å². The number of hydrogen-bond donors (Lipinski definition) is 1. The Bertz CT molecular complexity index is 3900. The first-order chi connectivity index (χ1) is 55.6. The van der Waals surface area contributed by atoms with E-state index in [1.807, 2.05) is 12.2 Å². The topological polar surface area (TPSA) is 207 Å². The molecule has 0 unspecified atom stereocenters. The Balaban J connectivity index is 0.000000148. The number of hydrogen-bond acceptors (Lipinski definition) is 13. The Kier molecular flexibility index (Phi) is 30.4. The number of aliphatic hydroxyl groups is 1. The smallest absolute Gasteiger partial charge is 0.870 e. The SMILES string of the molecule is C.C.C.C.C.CC[C@]12CCC(=O)C=C1CC[C@@H]1[C@@H]2CC[C@]2(C)C(=O)CC[C@@H]12.CC[C@]12CCC(=O)C[C@@H]1CC[C@@H]1[C@@H]2CC[C@]2(C)C(=O)CC[C@@H]12.CC[C@]12CCC(C)=CC1=CC[C@@H]1[C@@H]2CC[C@]2(C)C(=O)CC[C@@H]12.CC[C@]12CCC3(C[C@@H]1CC[C@@H]1[C@@H]2CC[C@@]2(C)[C@H]1CCC21OCCO1)OCCO3.C[C@]12CC[C@H]3[C@@H](CCC4=CC(=O)CC[C@@]43CO)[C@@H]1CCC2=O.[Li+].[OH-]. The standard InChI is InChI=1S/C24H38O4.C21H30O.C20H30O2.C20H28O2.C19H26O3.5CH4.Li.H2O/c1-3-22-10-11-23(25-12-13-26-23)16-17(22)4-5-18-19-7-9-24(27-14-15-28-24)21(19,2)8-6-20(18)22;1-4-21-12-9-14(2)13-15(21)5-6-16-17-7-8-19(22)20(17,3)11-10-18(16)21;2*1-3-20-11-8-14(21)12-13(20)4-5-15-16-6-7-18(22)19(16,2)10-9-17(15)20;1-18-8-7-16-14(15(18)4-5-17(18)22)3-2-12-10-13(21)6-9-19(12,16)11-20;;;;;;;/h17-20H,3-16H2,1-2H3;5,13,16-18H,4,6-12H2,1-3H3;13,15-17H,3-12H2,1-2H3;12,15-17H,3-11H2,1-2H3;10,14-16,20H,2-9,11H2,1H3;5*1H4;;1H2/q;;;;;;;;;;+1;/p-1/t17-,18-,19-,20-,21-,22-;16-,17-,18-,20-,21-;13-,15-,16-,17-,19-,20-;15-,16-,17-,19-,20-;14-,15-,16-,18-,19+;;;;;;;/m00000......./s1. The van der Waals surface area contributed by atoms with Gasteiger partial charge in [0, 0.05) is 103 Å². The minimum Gasteiger partial charge on any atom is -0.870 e. The molecule has 14 heteroatoms. The van der Waals surface area contributed by atoms with E-state index >= 15 is 0 Å². The third kappa shape index (κ3) is 15.3. The van der Waals surface area contributed by atoms with Crippen LogP contribution in [-0.2, 0) is 52.5 Å². The second kappa shape index (κ2) is 37.2. The maximum atomic E-state index is 12.5. The van der Waals surface area contributed by atoms with E-state index < -0.39 is 0 Å². The van der Waals surface area contributed by atoms with E-state index in [1.165, 1.54) is 133 Å². The van der Waals surface area contributed by atoms with Crippen LogP contribution in [0.2, 0.25) is 0 Å². The number of carbonyl (C=O) groups excluding carboxylic acids is 7. The number of aliphatic hydroxyl groups excluding tert-OH is 1. The summed E-state index contributed by atoms with van der Waals surface area (Å²) in [5, 5.41) is 10.2. The molecule has 18 fully saturated rings. The normalized spacial score (nSPS) is 46.3. The van der Waals surface area contributed by atoms with Crippen molar-refractivity contribution in [2.45, 2.75) is 407 Å². The van der Waals surface area contributed by atoms with Crippen LogP contribution in [0.15, 0.2) is 46.6 Å². The van der Waals surface area contributed by atoms with Gasteiger partial charge in [0.1, 0.15) is 28.9 Å². The zero-order chi connectivity index (χ0) is 81.2. The molecular weight excluding hydrogens is 1520 g/mol. The van der Waals surface area contributed by atoms with Crippen molar-refractivity contribution in [2.75, 3.05) is 33.0 Å². The molecule has 22 aliphatic rings. The number of fused-ring (bicyclic) bond motifs is 26. The molecule has 0 bridgehead atoms. The van der Waals surface area contributed by atoms with Crippen LogP contribution in [0, 0.1) is 155 Å². The van der Waals surface area contributed by atoms with Crippen LogP contribution in [0.25, 0.3) is 0 Å². The second-order valence-electron chi connectivity index (χ2n) is 45.3. The first-order valence-corrected chi connectivity index (χ1v) is 49.3. The van der Waals surface area contributed by atoms with Gasteiger partial charge in [0.15, 0.2) is 23.1 Å². The molecular formula is C109H173LiO13. The third-order valence-electron chi connectivity index (χ3n) is 42.9. The Morgan fingerprint density at radius 3 is 1.28 bits per heavy atom. The zero-order valence-corrected chi connectivity index (χ0v) is 75.4. The fourth-order valence-electron chi connectivity index (χ4n) is 36.6. The predicted molar refractivity (Wildman–Crippen MR) is 487 cm³/mol. The van der Waals surface area contributed by atoms with Crippen LogP contribution in [-0.4, -0.2) is 95.7 Å². The molecule has 16 saturated carbocycles. The van der Waals surface area contributed by atoms with E-state index in [1.54, 1.807) is 11.1 Å². The van der Waals surface area contributed by atoms with Crippen molar-refractivity contribution in [3.63, 3.8) is 0 Å². The first-order valence-electron chi connectivity index (χ1n) is 49.3. The third-order valence-corrected chi connectivity index (χ3v) is 42.9. The summed E-state index contributed by atoms with van der Waals surface area (Å²) in [6, 6.07) is 0. The molecule has 688 valence electrons. The largest absolute Gasteiger partial charge is 1.00 e. The van der Waals surface area contributed by atoms with Gasteiger partial charge < -0.3 is 29.5 Å². The maximum absolute atomic E-state index is 12.5. The van der Waals surface area contributed by atoms with Gasteiger partial charge in [-0.2, -0.15) is 0 Å². The van der Waals surface area contributed by atoms with E-state index in [4.69, 9.17) is 18.9 Å². The van der Waals surface area contributed by atoms with Crippen LogP contribution >= 0.6 is 0 Å². The van der Waals surface area contributed by atoms with Crippen LogP contribution in [0.1, 0.15) is 395 Å². The minimum atomic E-state index is -0.263. The molecule has 27 atom stereocenters. The molecule has 0 aromatic rings. The fourth-order valence-corrected chi connectivity index (χ4v) is 36.6. The summed E-state index contributed by atoms with van der Waals surface area (Å²) in [6.07, 6.45) is 58.7. The fraction of sp³-hybridized carbons (Fsp3) is 0.862. The van der Waals surface area contributed by atoms with Gasteiger partial charge in [-0.25, -0.2) is 0 Å². The van der Waals surface area contributed by atoms with Crippen LogP contribution in [0.5, 0.6) is 0 Å². The summed E-state index contributed by atoms with van der Waals surface area (Å²) in [7, 11) is 0. The van der Waals surface area contributed by atoms with Gasteiger partial charge in [0.05, 0.1) is 33.0 Å². The number of rotatable bonds is 5. The summed E-state index contributed by atoms with van der Waals surface area (Å²) in [4.78, 5) is 85.4. The number of ketones is 7. The van der Waals surface area contributed by atoms with Crippen molar-refractivity contribution in [3.8, 4) is 0 Å². The molecule has 2 spiro atoms. The van der Waals surface area contributed by atoms with Gasteiger partial charge in [-0.3, -0.25) is 33.6 Å². The molecule has 13 nitrogen and oxygen atoms in total. The minimum absolute atomic E-state index is 0. The monoisotopic (exact) mass is 1700 g/mol. The first kappa shape index (κ1) is 101. The molecule has 20 aliphatic carbocycles. The Labute approximate surface area is 758 Å².